The number of hydrogen-bond donors (Lipinski definition) is 1. The van der Waals surface area contributed by atoms with Crippen LogP contribution in [0.15, 0.2) is 11.6 Å². The summed E-state index contributed by atoms with van der Waals surface area (Å²) in [5.41, 5.74) is -0.288. The van der Waals surface area contributed by atoms with Gasteiger partial charge in [-0.05, 0) is 53.0 Å². The van der Waals surface area contributed by atoms with Crippen LogP contribution < -0.4 is 0 Å². The third kappa shape index (κ3) is 2.52. The lowest BCUT2D eigenvalue weighted by atomic mass is 9.78. The topological polar surface area (TPSA) is 40.5 Å². The summed E-state index contributed by atoms with van der Waals surface area (Å²) in [6.07, 6.45) is 6.95. The normalized spacial score (nSPS) is 28.5. The van der Waals surface area contributed by atoms with Crippen LogP contribution >= 0.6 is 0 Å². The number of amides is 1. The lowest BCUT2D eigenvalue weighted by molar-refractivity contribution is -0.140. The van der Waals surface area contributed by atoms with Gasteiger partial charge in [-0.15, -0.1) is 0 Å². The zero-order valence-electron chi connectivity index (χ0n) is 13.6. The van der Waals surface area contributed by atoms with Gasteiger partial charge in [0.1, 0.15) is 0 Å². The minimum Gasteiger partial charge on any atom is -0.385 e. The first kappa shape index (κ1) is 15.6. The second-order valence-electron chi connectivity index (χ2n) is 7.25. The summed E-state index contributed by atoms with van der Waals surface area (Å²) in [7, 11) is 0. The summed E-state index contributed by atoms with van der Waals surface area (Å²) in [5.74, 6) is 0.150. The lowest BCUT2D eigenvalue weighted by Gasteiger charge is -2.37. The molecule has 0 radical (unpaired) electrons. The highest BCUT2D eigenvalue weighted by atomic mass is 16.3. The maximum absolute atomic E-state index is 12.9. The molecule has 2 rings (SSSR count). The molecule has 2 aliphatic carbocycles. The van der Waals surface area contributed by atoms with E-state index in [0.29, 0.717) is 0 Å². The van der Waals surface area contributed by atoms with Gasteiger partial charge in [-0.25, -0.2) is 0 Å². The van der Waals surface area contributed by atoms with E-state index in [1.165, 1.54) is 6.42 Å². The van der Waals surface area contributed by atoms with E-state index in [-0.39, 0.29) is 18.0 Å². The molecule has 1 amide bonds. The molecule has 0 aliphatic heterocycles. The summed E-state index contributed by atoms with van der Waals surface area (Å²) in [5, 5.41) is 10.8. The first-order valence-electron chi connectivity index (χ1n) is 8.01. The van der Waals surface area contributed by atoms with E-state index in [2.05, 4.69) is 27.7 Å². The van der Waals surface area contributed by atoms with Crippen LogP contribution in [-0.2, 0) is 4.79 Å². The summed E-state index contributed by atoms with van der Waals surface area (Å²) in [4.78, 5) is 14.8. The molecule has 1 fully saturated rings. The Labute approximate surface area is 123 Å². The number of aliphatic hydroxyl groups is 1. The minimum atomic E-state index is -0.720. The second kappa shape index (κ2) is 5.18. The monoisotopic (exact) mass is 279 g/mol. The van der Waals surface area contributed by atoms with Crippen LogP contribution in [0.1, 0.15) is 66.7 Å². The molecule has 20 heavy (non-hydrogen) atoms. The van der Waals surface area contributed by atoms with E-state index >= 15 is 0 Å². The van der Waals surface area contributed by atoms with Crippen molar-refractivity contribution in [3.63, 3.8) is 0 Å². The second-order valence-corrected chi connectivity index (χ2v) is 7.25. The van der Waals surface area contributed by atoms with Gasteiger partial charge in [0.2, 0.25) is 5.91 Å². The molecule has 114 valence electrons. The molecular formula is C17H29NO2. The molecule has 0 heterocycles. The van der Waals surface area contributed by atoms with Crippen LogP contribution in [0.2, 0.25) is 0 Å². The molecule has 0 bridgehead atoms. The third-order valence-electron chi connectivity index (χ3n) is 4.88. The maximum Gasteiger partial charge on any atom is 0.237 e. The summed E-state index contributed by atoms with van der Waals surface area (Å²) in [6, 6.07) is 0.381. The number of nitrogens with zero attached hydrogens (tertiary/aromatic N) is 1. The van der Waals surface area contributed by atoms with E-state index in [9.17, 15) is 9.90 Å². The van der Waals surface area contributed by atoms with Gasteiger partial charge in [0.25, 0.3) is 0 Å². The van der Waals surface area contributed by atoms with Crippen molar-refractivity contribution in [3.05, 3.63) is 11.6 Å². The lowest BCUT2D eigenvalue weighted by Crippen LogP contribution is -2.47. The number of carbonyl (C=O) groups excluding carboxylic acids is 1. The third-order valence-corrected chi connectivity index (χ3v) is 4.88. The molecule has 3 heteroatoms. The van der Waals surface area contributed by atoms with Gasteiger partial charge in [-0.2, -0.15) is 0 Å². The molecule has 1 saturated carbocycles. The quantitative estimate of drug-likeness (QED) is 0.802. The van der Waals surface area contributed by atoms with Gasteiger partial charge in [0.05, 0.1) is 11.0 Å². The Bertz CT molecular complexity index is 411. The van der Waals surface area contributed by atoms with Crippen molar-refractivity contribution in [1.82, 2.24) is 4.90 Å². The Morgan fingerprint density at radius 3 is 2.10 bits per heavy atom. The molecule has 0 aromatic carbocycles. The molecular weight excluding hydrogens is 250 g/mol. The molecule has 1 unspecified atom stereocenters. The zero-order valence-corrected chi connectivity index (χ0v) is 13.6. The standard InChI is InChI=1S/C17H29NO2/c1-12(2)18(13(3)4)15(19)16(5)11-14(16)17(20)9-7-6-8-10-17/h11-13,20H,6-10H2,1-5H3. The van der Waals surface area contributed by atoms with Gasteiger partial charge in [-0.3, -0.25) is 4.79 Å². The predicted octanol–water partition coefficient (Wildman–Crippen LogP) is 3.27. The van der Waals surface area contributed by atoms with Crippen LogP contribution in [0.3, 0.4) is 0 Å². The minimum absolute atomic E-state index is 0.150. The average molecular weight is 279 g/mol. The Morgan fingerprint density at radius 1 is 1.15 bits per heavy atom. The van der Waals surface area contributed by atoms with Gasteiger partial charge in [0, 0.05) is 12.1 Å². The van der Waals surface area contributed by atoms with Crippen LogP contribution in [0, 0.1) is 5.41 Å². The Morgan fingerprint density at radius 2 is 1.65 bits per heavy atom. The van der Waals surface area contributed by atoms with E-state index in [0.717, 1.165) is 31.3 Å². The number of rotatable bonds is 4. The van der Waals surface area contributed by atoms with Crippen molar-refractivity contribution >= 4 is 5.91 Å². The van der Waals surface area contributed by atoms with Crippen LogP contribution in [0.5, 0.6) is 0 Å². The summed E-state index contributed by atoms with van der Waals surface area (Å²) < 4.78 is 0. The smallest absolute Gasteiger partial charge is 0.237 e. The van der Waals surface area contributed by atoms with Gasteiger partial charge in [-0.1, -0.05) is 25.3 Å². The Kier molecular flexibility index (Phi) is 4.03. The first-order valence-corrected chi connectivity index (χ1v) is 8.01. The van der Waals surface area contributed by atoms with E-state index in [1.807, 2.05) is 17.9 Å². The van der Waals surface area contributed by atoms with Crippen molar-refractivity contribution < 1.29 is 9.90 Å². The fraction of sp³-hybridized carbons (Fsp3) is 0.824. The molecule has 0 saturated heterocycles. The van der Waals surface area contributed by atoms with Crippen molar-refractivity contribution in [3.8, 4) is 0 Å². The SMILES string of the molecule is CC(C)N(C(=O)C1(C)C=C1C1(O)CCCCC1)C(C)C. The van der Waals surface area contributed by atoms with Crippen LogP contribution in [-0.4, -0.2) is 33.6 Å². The van der Waals surface area contributed by atoms with E-state index in [1.54, 1.807) is 0 Å². The fourth-order valence-electron chi connectivity index (χ4n) is 3.79. The van der Waals surface area contributed by atoms with Crippen molar-refractivity contribution in [2.24, 2.45) is 5.41 Å². The largest absolute Gasteiger partial charge is 0.385 e. The van der Waals surface area contributed by atoms with Crippen LogP contribution in [0.4, 0.5) is 0 Å². The Balaban J connectivity index is 2.13. The van der Waals surface area contributed by atoms with E-state index in [4.69, 9.17) is 0 Å². The summed E-state index contributed by atoms with van der Waals surface area (Å²) in [6.45, 7) is 10.2. The predicted molar refractivity (Wildman–Crippen MR) is 81.3 cm³/mol. The van der Waals surface area contributed by atoms with Gasteiger partial charge < -0.3 is 10.0 Å². The molecule has 0 spiro atoms. The van der Waals surface area contributed by atoms with Gasteiger partial charge >= 0.3 is 0 Å². The molecule has 2 aliphatic rings. The highest BCUT2D eigenvalue weighted by Crippen LogP contribution is 2.55. The molecule has 3 nitrogen and oxygen atoms in total. The number of hydrogen-bond acceptors (Lipinski definition) is 2. The molecule has 0 aromatic heterocycles. The molecule has 0 aromatic rings. The van der Waals surface area contributed by atoms with Crippen LogP contribution in [0.25, 0.3) is 0 Å². The molecule has 1 N–H and O–H groups in total. The first-order chi connectivity index (χ1) is 9.22. The summed E-state index contributed by atoms with van der Waals surface area (Å²) >= 11 is 0. The fourth-order valence-corrected chi connectivity index (χ4v) is 3.79. The Hall–Kier alpha value is -0.830. The van der Waals surface area contributed by atoms with Gasteiger partial charge in [0.15, 0.2) is 0 Å². The van der Waals surface area contributed by atoms with Crippen molar-refractivity contribution in [1.29, 1.82) is 0 Å². The highest BCUT2D eigenvalue weighted by molar-refractivity contribution is 5.93. The van der Waals surface area contributed by atoms with Crippen molar-refractivity contribution in [2.75, 3.05) is 0 Å². The maximum atomic E-state index is 12.9. The number of carbonyl (C=O) groups is 1. The highest BCUT2D eigenvalue weighted by Gasteiger charge is 2.57. The molecule has 1 atom stereocenters. The van der Waals surface area contributed by atoms with E-state index < -0.39 is 11.0 Å². The average Bonchev–Trinajstić information content (AvgIpc) is 3.04. The van der Waals surface area contributed by atoms with Crippen molar-refractivity contribution in [2.45, 2.75) is 84.4 Å². The zero-order chi connectivity index (χ0) is 15.1.